The highest BCUT2D eigenvalue weighted by atomic mass is 16.6. The van der Waals surface area contributed by atoms with Gasteiger partial charge in [0.1, 0.15) is 29.3 Å². The summed E-state index contributed by atoms with van der Waals surface area (Å²) in [7, 11) is 0. The Balaban J connectivity index is 1.62. The highest BCUT2D eigenvalue weighted by molar-refractivity contribution is 5.89. The molecular formula is C23H31N6O4+. The van der Waals surface area contributed by atoms with Crippen LogP contribution in [-0.4, -0.2) is 42.7 Å². The number of anilines is 1. The number of imidazole rings is 1. The summed E-state index contributed by atoms with van der Waals surface area (Å²) in [5.41, 5.74) is 1.49. The van der Waals surface area contributed by atoms with Gasteiger partial charge in [-0.3, -0.25) is 5.32 Å². The SMILES string of the molecule is CC(C)(C)OC(=O)Nc1cc(C2CC2)cn2cc[n+](Cn3cc(C(=O)OC(C)(C)C)nn3)c12. The molecule has 1 fully saturated rings. The van der Waals surface area contributed by atoms with E-state index in [1.165, 1.54) is 5.56 Å². The zero-order valence-electron chi connectivity index (χ0n) is 20.0. The molecule has 1 amide bonds. The average molecular weight is 456 g/mol. The molecule has 0 atom stereocenters. The maximum absolute atomic E-state index is 12.5. The van der Waals surface area contributed by atoms with Crippen LogP contribution in [0, 0.1) is 0 Å². The Labute approximate surface area is 192 Å². The number of amides is 1. The summed E-state index contributed by atoms with van der Waals surface area (Å²) in [6.45, 7) is 11.2. The van der Waals surface area contributed by atoms with Gasteiger partial charge < -0.3 is 9.47 Å². The minimum Gasteiger partial charge on any atom is -0.455 e. The normalized spacial score (nSPS) is 14.4. The summed E-state index contributed by atoms with van der Waals surface area (Å²) >= 11 is 0. The van der Waals surface area contributed by atoms with E-state index in [0.717, 1.165) is 18.5 Å². The highest BCUT2D eigenvalue weighted by Crippen LogP contribution is 2.41. The summed E-state index contributed by atoms with van der Waals surface area (Å²) in [6, 6.07) is 2.00. The molecule has 3 aromatic heterocycles. The first-order valence-corrected chi connectivity index (χ1v) is 11.1. The number of carbonyl (C=O) groups excluding carboxylic acids is 2. The van der Waals surface area contributed by atoms with E-state index in [2.05, 4.69) is 21.8 Å². The quantitative estimate of drug-likeness (QED) is 0.466. The van der Waals surface area contributed by atoms with Crippen molar-refractivity contribution in [2.75, 3.05) is 5.32 Å². The minimum absolute atomic E-state index is 0.136. The lowest BCUT2D eigenvalue weighted by Crippen LogP contribution is -2.37. The Hall–Kier alpha value is -3.43. The molecule has 1 N–H and O–H groups in total. The number of aromatic nitrogens is 5. The fourth-order valence-corrected chi connectivity index (χ4v) is 3.48. The van der Waals surface area contributed by atoms with E-state index < -0.39 is 23.3 Å². The zero-order valence-corrected chi connectivity index (χ0v) is 20.0. The van der Waals surface area contributed by atoms with E-state index in [-0.39, 0.29) is 12.4 Å². The first-order valence-electron chi connectivity index (χ1n) is 11.1. The van der Waals surface area contributed by atoms with Crippen LogP contribution < -0.4 is 9.88 Å². The van der Waals surface area contributed by atoms with Crippen molar-refractivity contribution in [1.82, 2.24) is 19.4 Å². The van der Waals surface area contributed by atoms with Gasteiger partial charge in [-0.15, -0.1) is 5.10 Å². The number of rotatable bonds is 5. The van der Waals surface area contributed by atoms with Crippen LogP contribution >= 0.6 is 0 Å². The van der Waals surface area contributed by atoms with Crippen molar-refractivity contribution in [3.63, 3.8) is 0 Å². The van der Waals surface area contributed by atoms with Crippen LogP contribution in [0.15, 0.2) is 30.9 Å². The molecule has 0 spiro atoms. The molecule has 10 heteroatoms. The van der Waals surface area contributed by atoms with Gasteiger partial charge in [0.2, 0.25) is 0 Å². The molecule has 0 radical (unpaired) electrons. The molecule has 3 aromatic rings. The fourth-order valence-electron chi connectivity index (χ4n) is 3.48. The maximum atomic E-state index is 12.5. The van der Waals surface area contributed by atoms with Crippen molar-refractivity contribution in [3.8, 4) is 0 Å². The monoisotopic (exact) mass is 455 g/mol. The molecule has 3 heterocycles. The fraction of sp³-hybridized carbons (Fsp3) is 0.522. The highest BCUT2D eigenvalue weighted by Gasteiger charge is 2.29. The second kappa shape index (κ2) is 8.17. The van der Waals surface area contributed by atoms with Crippen LogP contribution in [0.1, 0.15) is 76.4 Å². The summed E-state index contributed by atoms with van der Waals surface area (Å²) < 4.78 is 16.3. The Kier molecular flexibility index (Phi) is 5.63. The molecule has 0 aromatic carbocycles. The van der Waals surface area contributed by atoms with E-state index in [1.54, 1.807) is 31.6 Å². The Morgan fingerprint density at radius 1 is 1.12 bits per heavy atom. The number of hydrogen-bond donors (Lipinski definition) is 1. The van der Waals surface area contributed by atoms with Gasteiger partial charge in [0.15, 0.2) is 12.4 Å². The third-order valence-corrected chi connectivity index (χ3v) is 4.89. The number of ether oxygens (including phenoxy) is 2. The van der Waals surface area contributed by atoms with Gasteiger partial charge in [0, 0.05) is 0 Å². The van der Waals surface area contributed by atoms with Crippen LogP contribution in [0.4, 0.5) is 10.5 Å². The second-order valence-corrected chi connectivity index (χ2v) is 10.4. The van der Waals surface area contributed by atoms with Crippen LogP contribution in [0.25, 0.3) is 5.65 Å². The van der Waals surface area contributed by atoms with Gasteiger partial charge >= 0.3 is 17.7 Å². The topological polar surface area (TPSA) is 104 Å². The van der Waals surface area contributed by atoms with Gasteiger partial charge in [-0.25, -0.2) is 23.2 Å². The van der Waals surface area contributed by atoms with Crippen LogP contribution in [0.5, 0.6) is 0 Å². The molecule has 4 rings (SSSR count). The number of esters is 1. The molecule has 1 saturated carbocycles. The van der Waals surface area contributed by atoms with Crippen molar-refractivity contribution in [2.24, 2.45) is 0 Å². The number of nitrogens with one attached hydrogen (secondary N) is 1. The van der Waals surface area contributed by atoms with E-state index in [0.29, 0.717) is 11.6 Å². The lowest BCUT2D eigenvalue weighted by Gasteiger charge is -2.19. The number of nitrogens with zero attached hydrogens (tertiary/aromatic N) is 5. The molecule has 0 saturated heterocycles. The van der Waals surface area contributed by atoms with Crippen molar-refractivity contribution in [2.45, 2.75) is 78.2 Å². The van der Waals surface area contributed by atoms with Gasteiger partial charge in [-0.1, -0.05) is 5.21 Å². The predicted molar refractivity (Wildman–Crippen MR) is 120 cm³/mol. The third kappa shape index (κ3) is 5.68. The van der Waals surface area contributed by atoms with Crippen LogP contribution in [0.3, 0.4) is 0 Å². The van der Waals surface area contributed by atoms with Gasteiger partial charge in [0.05, 0.1) is 12.4 Å². The number of hydrogen-bond acceptors (Lipinski definition) is 6. The second-order valence-electron chi connectivity index (χ2n) is 10.4. The summed E-state index contributed by atoms with van der Waals surface area (Å²) in [5.74, 6) is -0.0158. The van der Waals surface area contributed by atoms with Crippen molar-refractivity contribution in [3.05, 3.63) is 42.1 Å². The van der Waals surface area contributed by atoms with Crippen LogP contribution in [-0.2, 0) is 16.1 Å². The third-order valence-electron chi connectivity index (χ3n) is 4.89. The van der Waals surface area contributed by atoms with Crippen molar-refractivity contribution < 1.29 is 23.6 Å². The van der Waals surface area contributed by atoms with Crippen molar-refractivity contribution in [1.29, 1.82) is 0 Å². The molecule has 10 nitrogen and oxygen atoms in total. The Morgan fingerprint density at radius 2 is 1.82 bits per heavy atom. The molecule has 0 bridgehead atoms. The molecule has 0 unspecified atom stereocenters. The first-order chi connectivity index (χ1) is 15.4. The number of fused-ring (bicyclic) bond motifs is 1. The van der Waals surface area contributed by atoms with E-state index in [1.807, 2.05) is 48.2 Å². The predicted octanol–water partition coefficient (Wildman–Crippen LogP) is 3.50. The van der Waals surface area contributed by atoms with Crippen molar-refractivity contribution >= 4 is 23.4 Å². The summed E-state index contributed by atoms with van der Waals surface area (Å²) in [6.07, 6.45) is 9.21. The average Bonchev–Trinajstić information content (AvgIpc) is 3.27. The van der Waals surface area contributed by atoms with Gasteiger partial charge in [0.25, 0.3) is 0 Å². The molecule has 1 aliphatic rings. The maximum Gasteiger partial charge on any atom is 0.412 e. The van der Waals surface area contributed by atoms with E-state index >= 15 is 0 Å². The molecule has 0 aliphatic heterocycles. The standard InChI is InChI=1S/C23H30N6O4/c1-22(2,3)32-20(30)18-13-29(26-25-18)14-28-10-9-27-12-16(15-7-8-15)11-17(19(27)28)24-21(31)33-23(4,5)6/h9-13,15H,7-8,14H2,1-6H3/p+1. The van der Waals surface area contributed by atoms with E-state index in [9.17, 15) is 9.59 Å². The number of pyridine rings is 1. The smallest absolute Gasteiger partial charge is 0.412 e. The lowest BCUT2D eigenvalue weighted by atomic mass is 10.2. The van der Waals surface area contributed by atoms with Gasteiger partial charge in [-0.05, 0) is 71.9 Å². The summed E-state index contributed by atoms with van der Waals surface area (Å²) in [4.78, 5) is 24.8. The minimum atomic E-state index is -0.615. The molecule has 33 heavy (non-hydrogen) atoms. The Bertz CT molecular complexity index is 1190. The lowest BCUT2D eigenvalue weighted by molar-refractivity contribution is -0.676. The van der Waals surface area contributed by atoms with Crippen LogP contribution in [0.2, 0.25) is 0 Å². The van der Waals surface area contributed by atoms with E-state index in [4.69, 9.17) is 9.47 Å². The number of carbonyl (C=O) groups is 2. The molecular weight excluding hydrogens is 424 g/mol. The zero-order chi connectivity index (χ0) is 24.0. The summed E-state index contributed by atoms with van der Waals surface area (Å²) in [5, 5.41) is 10.9. The Morgan fingerprint density at radius 3 is 2.45 bits per heavy atom. The van der Waals surface area contributed by atoms with Gasteiger partial charge in [-0.2, -0.15) is 0 Å². The molecule has 176 valence electrons. The first kappa shape index (κ1) is 22.8. The largest absolute Gasteiger partial charge is 0.455 e. The molecule has 1 aliphatic carbocycles.